The maximum Gasteiger partial charge on any atom is 0.348 e. The minimum atomic E-state index is 0.954. The highest BCUT2D eigenvalue weighted by Crippen LogP contribution is 2.07. The van der Waals surface area contributed by atoms with Gasteiger partial charge in [0.15, 0.2) is 0 Å². The number of fused-ring (bicyclic) bond motifs is 1. The fourth-order valence-corrected chi connectivity index (χ4v) is 1.75. The van der Waals surface area contributed by atoms with Gasteiger partial charge in [0.05, 0.1) is 11.5 Å². The molecule has 0 aliphatic heterocycles. The second-order valence-corrected chi connectivity index (χ2v) is 3.87. The van der Waals surface area contributed by atoms with Gasteiger partial charge >= 0.3 is 5.65 Å². The molecule has 0 saturated carbocycles. The molecule has 0 aromatic carbocycles. The number of rotatable bonds is 1. The minimum absolute atomic E-state index is 0.954. The fraction of sp³-hybridized carbons (Fsp3) is 0.333. The molecule has 68 valence electrons. The van der Waals surface area contributed by atoms with Crippen LogP contribution in [0.15, 0.2) is 22.8 Å². The molecule has 0 bridgehead atoms. The van der Waals surface area contributed by atoms with Crippen LogP contribution in [0, 0.1) is 0 Å². The molecular formula is C9H11BrN3+. The average Bonchev–Trinajstić information content (AvgIpc) is 2.44. The van der Waals surface area contributed by atoms with E-state index in [1.54, 1.807) is 0 Å². The van der Waals surface area contributed by atoms with Crippen LogP contribution in [0.1, 0.15) is 12.7 Å². The number of hydrogen-bond donors (Lipinski definition) is 0. The first kappa shape index (κ1) is 8.69. The number of halogens is 1. The van der Waals surface area contributed by atoms with Crippen LogP contribution in [0.5, 0.6) is 0 Å². The molecule has 0 spiro atoms. The molecule has 0 saturated heterocycles. The molecule has 0 atom stereocenters. The Bertz CT molecular complexity index is 447. The Morgan fingerprint density at radius 3 is 3.00 bits per heavy atom. The highest BCUT2D eigenvalue weighted by Gasteiger charge is 2.14. The standard InChI is InChI=1S/C9H11BrN3/c1-3-8-11-9-5-4-7(10)6-13(9)12(8)2/h4-6H,3H2,1-2H3/q+1. The van der Waals surface area contributed by atoms with Gasteiger partial charge in [-0.3, -0.25) is 0 Å². The molecule has 0 aliphatic carbocycles. The molecule has 0 amide bonds. The summed E-state index contributed by atoms with van der Waals surface area (Å²) in [6.07, 6.45) is 2.97. The van der Waals surface area contributed by atoms with Crippen molar-refractivity contribution in [3.63, 3.8) is 0 Å². The van der Waals surface area contributed by atoms with E-state index in [1.807, 2.05) is 29.9 Å². The molecule has 2 rings (SSSR count). The Kier molecular flexibility index (Phi) is 2.07. The van der Waals surface area contributed by atoms with Crippen LogP contribution in [0.4, 0.5) is 0 Å². The zero-order chi connectivity index (χ0) is 9.42. The quantitative estimate of drug-likeness (QED) is 0.693. The van der Waals surface area contributed by atoms with Crippen LogP contribution in [0.2, 0.25) is 0 Å². The molecule has 13 heavy (non-hydrogen) atoms. The van der Waals surface area contributed by atoms with Crippen molar-refractivity contribution >= 4 is 21.6 Å². The maximum absolute atomic E-state index is 4.48. The van der Waals surface area contributed by atoms with Gasteiger partial charge in [0.1, 0.15) is 6.20 Å². The smallest absolute Gasteiger partial charge is 0.176 e. The summed E-state index contributed by atoms with van der Waals surface area (Å²) >= 11 is 3.44. The molecule has 3 nitrogen and oxygen atoms in total. The molecule has 0 N–H and O–H groups in total. The van der Waals surface area contributed by atoms with Gasteiger partial charge in [-0.05, 0) is 27.0 Å². The van der Waals surface area contributed by atoms with Crippen LogP contribution < -0.4 is 4.52 Å². The van der Waals surface area contributed by atoms with Gasteiger partial charge in [-0.1, -0.05) is 6.92 Å². The van der Waals surface area contributed by atoms with Crippen molar-refractivity contribution in [3.05, 3.63) is 28.6 Å². The summed E-state index contributed by atoms with van der Waals surface area (Å²) in [6.45, 7) is 2.11. The van der Waals surface area contributed by atoms with Crippen molar-refractivity contribution in [1.29, 1.82) is 0 Å². The Balaban J connectivity index is 2.77. The van der Waals surface area contributed by atoms with E-state index in [9.17, 15) is 0 Å². The Labute approximate surface area is 85.1 Å². The molecule has 4 heteroatoms. The first-order chi connectivity index (χ1) is 6.22. The monoisotopic (exact) mass is 240 g/mol. The number of aryl methyl sites for hydroxylation is 2. The van der Waals surface area contributed by atoms with Gasteiger partial charge in [-0.15, -0.1) is 4.52 Å². The van der Waals surface area contributed by atoms with E-state index in [4.69, 9.17) is 0 Å². The second kappa shape index (κ2) is 3.10. The molecule has 2 aromatic rings. The Morgan fingerprint density at radius 2 is 2.31 bits per heavy atom. The van der Waals surface area contributed by atoms with Gasteiger partial charge in [-0.2, -0.15) is 4.68 Å². The van der Waals surface area contributed by atoms with Crippen LogP contribution in [0.25, 0.3) is 5.65 Å². The van der Waals surface area contributed by atoms with Crippen molar-refractivity contribution in [2.45, 2.75) is 13.3 Å². The third kappa shape index (κ3) is 1.35. The Morgan fingerprint density at radius 1 is 1.54 bits per heavy atom. The predicted octanol–water partition coefficient (Wildman–Crippen LogP) is 1.48. The normalized spacial score (nSPS) is 11.0. The van der Waals surface area contributed by atoms with Crippen LogP contribution >= 0.6 is 15.9 Å². The molecule has 0 fully saturated rings. The third-order valence-electron chi connectivity index (χ3n) is 2.13. The maximum atomic E-state index is 4.48. The minimum Gasteiger partial charge on any atom is -0.176 e. The number of aromatic nitrogens is 3. The van der Waals surface area contributed by atoms with Crippen molar-refractivity contribution in [3.8, 4) is 0 Å². The molecule has 0 radical (unpaired) electrons. The lowest BCUT2D eigenvalue weighted by Crippen LogP contribution is -2.31. The lowest BCUT2D eigenvalue weighted by atomic mass is 10.4. The topological polar surface area (TPSA) is 21.9 Å². The lowest BCUT2D eigenvalue weighted by Gasteiger charge is -1.92. The summed E-state index contributed by atoms with van der Waals surface area (Å²) < 4.78 is 5.15. The SMILES string of the molecule is CCc1nc2ccc(Br)c[n+]2n1C. The molecule has 0 unspecified atom stereocenters. The first-order valence-corrected chi connectivity index (χ1v) is 5.04. The van der Waals surface area contributed by atoms with E-state index in [1.165, 1.54) is 0 Å². The summed E-state index contributed by atoms with van der Waals surface area (Å²) in [7, 11) is 2.02. The van der Waals surface area contributed by atoms with E-state index in [0.29, 0.717) is 0 Å². The first-order valence-electron chi connectivity index (χ1n) is 4.25. The van der Waals surface area contributed by atoms with Gasteiger partial charge in [0.25, 0.3) is 5.82 Å². The summed E-state index contributed by atoms with van der Waals surface area (Å²) in [4.78, 5) is 4.48. The van der Waals surface area contributed by atoms with Crippen molar-refractivity contribution in [1.82, 2.24) is 9.67 Å². The molecule has 2 heterocycles. The molecule has 0 aliphatic rings. The average molecular weight is 241 g/mol. The third-order valence-corrected chi connectivity index (χ3v) is 2.60. The highest BCUT2D eigenvalue weighted by molar-refractivity contribution is 9.10. The number of hydrogen-bond acceptors (Lipinski definition) is 1. The van der Waals surface area contributed by atoms with Crippen molar-refractivity contribution in [2.24, 2.45) is 7.05 Å². The van der Waals surface area contributed by atoms with E-state index in [2.05, 4.69) is 32.5 Å². The largest absolute Gasteiger partial charge is 0.348 e. The van der Waals surface area contributed by atoms with E-state index in [-0.39, 0.29) is 0 Å². The van der Waals surface area contributed by atoms with Gasteiger partial charge < -0.3 is 0 Å². The van der Waals surface area contributed by atoms with E-state index >= 15 is 0 Å². The van der Waals surface area contributed by atoms with Crippen molar-refractivity contribution in [2.75, 3.05) is 0 Å². The fourth-order valence-electron chi connectivity index (χ4n) is 1.42. The van der Waals surface area contributed by atoms with Gasteiger partial charge in [0.2, 0.25) is 0 Å². The van der Waals surface area contributed by atoms with Gasteiger partial charge in [0, 0.05) is 12.5 Å². The summed E-state index contributed by atoms with van der Waals surface area (Å²) in [5.41, 5.74) is 0.988. The van der Waals surface area contributed by atoms with E-state index in [0.717, 1.165) is 22.4 Å². The number of nitrogens with zero attached hydrogens (tertiary/aromatic N) is 3. The van der Waals surface area contributed by atoms with Crippen LogP contribution in [0.3, 0.4) is 0 Å². The van der Waals surface area contributed by atoms with Crippen LogP contribution in [-0.4, -0.2) is 9.67 Å². The highest BCUT2D eigenvalue weighted by atomic mass is 79.9. The lowest BCUT2D eigenvalue weighted by molar-refractivity contribution is -0.608. The summed E-state index contributed by atoms with van der Waals surface area (Å²) in [5, 5.41) is 0. The zero-order valence-electron chi connectivity index (χ0n) is 7.66. The van der Waals surface area contributed by atoms with Crippen molar-refractivity contribution < 1.29 is 4.52 Å². The predicted molar refractivity (Wildman–Crippen MR) is 53.4 cm³/mol. The van der Waals surface area contributed by atoms with E-state index < -0.39 is 0 Å². The van der Waals surface area contributed by atoms with Gasteiger partial charge in [-0.25, -0.2) is 0 Å². The Hall–Kier alpha value is -0.900. The second-order valence-electron chi connectivity index (χ2n) is 2.96. The summed E-state index contributed by atoms with van der Waals surface area (Å²) in [6, 6.07) is 4.00. The molecule has 2 aromatic heterocycles. The van der Waals surface area contributed by atoms with Crippen LogP contribution in [-0.2, 0) is 13.5 Å². The summed E-state index contributed by atoms with van der Waals surface area (Å²) in [5.74, 6) is 1.10. The number of pyridine rings is 1. The molecular weight excluding hydrogens is 230 g/mol. The zero-order valence-corrected chi connectivity index (χ0v) is 9.24.